The van der Waals surface area contributed by atoms with Gasteiger partial charge in [-0.3, -0.25) is 0 Å². The van der Waals surface area contributed by atoms with Gasteiger partial charge in [-0.25, -0.2) is 0 Å². The Morgan fingerprint density at radius 2 is 1.94 bits per heavy atom. The molecule has 0 saturated carbocycles. The van der Waals surface area contributed by atoms with Crippen molar-refractivity contribution in [2.45, 2.75) is 19.4 Å². The summed E-state index contributed by atoms with van der Waals surface area (Å²) in [5.41, 5.74) is 8.83. The molecule has 0 atom stereocenters. The average Bonchev–Trinajstić information content (AvgIpc) is 2.32. The molecule has 84 valence electrons. The number of hydrogen-bond donors (Lipinski definition) is 1. The van der Waals surface area contributed by atoms with E-state index in [1.165, 1.54) is 0 Å². The Bertz CT molecular complexity index is 420. The van der Waals surface area contributed by atoms with Crippen LogP contribution in [-0.2, 0) is 11.3 Å². The first-order valence-corrected chi connectivity index (χ1v) is 5.26. The van der Waals surface area contributed by atoms with Crippen molar-refractivity contribution >= 4 is 11.5 Å². The smallest absolute Gasteiger partial charge is 0.122 e. The van der Waals surface area contributed by atoms with Crippen LogP contribution in [0.25, 0.3) is 0 Å². The van der Waals surface area contributed by atoms with E-state index in [0.717, 1.165) is 29.7 Å². The summed E-state index contributed by atoms with van der Waals surface area (Å²) in [6, 6.07) is 8.18. The number of amidine groups is 1. The third kappa shape index (κ3) is 2.46. The van der Waals surface area contributed by atoms with E-state index in [0.29, 0.717) is 12.4 Å². The number of nitrogens with zero attached hydrogens (tertiary/aromatic N) is 2. The second-order valence-electron chi connectivity index (χ2n) is 3.77. The first-order chi connectivity index (χ1) is 7.79. The van der Waals surface area contributed by atoms with E-state index in [1.807, 2.05) is 24.3 Å². The zero-order valence-electron chi connectivity index (χ0n) is 9.31. The molecule has 0 aromatic heterocycles. The van der Waals surface area contributed by atoms with Crippen molar-refractivity contribution in [3.8, 4) is 0 Å². The second kappa shape index (κ2) is 4.90. The first kappa shape index (κ1) is 10.8. The molecule has 0 spiro atoms. The van der Waals surface area contributed by atoms with Crippen LogP contribution in [0.5, 0.6) is 0 Å². The highest BCUT2D eigenvalue weighted by atomic mass is 16.5. The Morgan fingerprint density at radius 1 is 1.19 bits per heavy atom. The maximum atomic E-state index is 5.57. The minimum atomic E-state index is 0.611. The highest BCUT2D eigenvalue weighted by molar-refractivity contribution is 6.04. The van der Waals surface area contributed by atoms with Crippen molar-refractivity contribution in [1.82, 2.24) is 0 Å². The molecule has 0 bridgehead atoms. The monoisotopic (exact) mass is 217 g/mol. The summed E-state index contributed by atoms with van der Waals surface area (Å²) >= 11 is 0. The van der Waals surface area contributed by atoms with Crippen molar-refractivity contribution < 1.29 is 4.74 Å². The fourth-order valence-corrected chi connectivity index (χ4v) is 1.63. The number of hydrogen-bond acceptors (Lipinski definition) is 4. The molecule has 0 radical (unpaired) electrons. The van der Waals surface area contributed by atoms with Crippen molar-refractivity contribution in [3.05, 3.63) is 35.4 Å². The van der Waals surface area contributed by atoms with Crippen LogP contribution in [0.2, 0.25) is 0 Å². The molecular weight excluding hydrogens is 202 g/mol. The van der Waals surface area contributed by atoms with Gasteiger partial charge in [-0.05, 0) is 17.5 Å². The van der Waals surface area contributed by atoms with Gasteiger partial charge in [-0.2, -0.15) is 5.10 Å². The van der Waals surface area contributed by atoms with Crippen molar-refractivity contribution in [2.24, 2.45) is 15.9 Å². The summed E-state index contributed by atoms with van der Waals surface area (Å²) in [5.74, 6) is 0.611. The Morgan fingerprint density at radius 3 is 2.50 bits per heavy atom. The van der Waals surface area contributed by atoms with E-state index in [9.17, 15) is 0 Å². The molecule has 4 heteroatoms. The Hall–Kier alpha value is -1.68. The summed E-state index contributed by atoms with van der Waals surface area (Å²) in [6.45, 7) is 0.637. The van der Waals surface area contributed by atoms with E-state index >= 15 is 0 Å². The normalized spacial score (nSPS) is 15.6. The van der Waals surface area contributed by atoms with Gasteiger partial charge in [0.05, 0.1) is 12.3 Å². The molecule has 1 aromatic carbocycles. The summed E-state index contributed by atoms with van der Waals surface area (Å²) < 4.78 is 5.06. The molecule has 2 N–H and O–H groups in total. The third-order valence-corrected chi connectivity index (χ3v) is 2.52. The van der Waals surface area contributed by atoms with Gasteiger partial charge in [0, 0.05) is 13.5 Å². The lowest BCUT2D eigenvalue weighted by atomic mass is 10.0. The molecule has 0 unspecified atom stereocenters. The zero-order chi connectivity index (χ0) is 11.4. The van der Waals surface area contributed by atoms with E-state index in [1.54, 1.807) is 7.11 Å². The van der Waals surface area contributed by atoms with Crippen LogP contribution in [0.1, 0.15) is 24.0 Å². The van der Waals surface area contributed by atoms with Gasteiger partial charge < -0.3 is 10.5 Å². The van der Waals surface area contributed by atoms with Crippen LogP contribution in [0, 0.1) is 0 Å². The molecule has 16 heavy (non-hydrogen) atoms. The highest BCUT2D eigenvalue weighted by Gasteiger charge is 2.09. The Balaban J connectivity index is 2.16. The molecule has 0 amide bonds. The fourth-order valence-electron chi connectivity index (χ4n) is 1.63. The minimum absolute atomic E-state index is 0.611. The molecule has 2 rings (SSSR count). The molecule has 0 aliphatic carbocycles. The van der Waals surface area contributed by atoms with E-state index in [2.05, 4.69) is 10.2 Å². The lowest BCUT2D eigenvalue weighted by Gasteiger charge is -2.09. The number of rotatable bonds is 3. The van der Waals surface area contributed by atoms with Crippen molar-refractivity contribution in [2.75, 3.05) is 7.11 Å². The van der Waals surface area contributed by atoms with Crippen LogP contribution >= 0.6 is 0 Å². The lowest BCUT2D eigenvalue weighted by Crippen LogP contribution is -2.17. The number of nitrogens with two attached hydrogens (primary N) is 1. The SMILES string of the molecule is COCc1ccc(C2=NN=C(N)CC2)cc1. The third-order valence-electron chi connectivity index (χ3n) is 2.52. The van der Waals surface area contributed by atoms with E-state index in [-0.39, 0.29) is 0 Å². The molecule has 1 aliphatic rings. The fraction of sp³-hybridized carbons (Fsp3) is 0.333. The average molecular weight is 217 g/mol. The minimum Gasteiger partial charge on any atom is -0.386 e. The van der Waals surface area contributed by atoms with Crippen LogP contribution in [-0.4, -0.2) is 18.7 Å². The molecule has 1 aromatic rings. The predicted molar refractivity (Wildman–Crippen MR) is 64.5 cm³/mol. The molecule has 0 fully saturated rings. The van der Waals surface area contributed by atoms with E-state index < -0.39 is 0 Å². The maximum Gasteiger partial charge on any atom is 0.122 e. The van der Waals surface area contributed by atoms with Crippen molar-refractivity contribution in [3.63, 3.8) is 0 Å². The second-order valence-corrected chi connectivity index (χ2v) is 3.77. The topological polar surface area (TPSA) is 60.0 Å². The molecular formula is C12H15N3O. The first-order valence-electron chi connectivity index (χ1n) is 5.26. The van der Waals surface area contributed by atoms with E-state index in [4.69, 9.17) is 10.5 Å². The van der Waals surface area contributed by atoms with Crippen LogP contribution < -0.4 is 5.73 Å². The summed E-state index contributed by atoms with van der Waals surface area (Å²) in [4.78, 5) is 0. The number of ether oxygens (including phenoxy) is 1. The van der Waals surface area contributed by atoms with Gasteiger partial charge in [0.1, 0.15) is 5.84 Å². The molecule has 4 nitrogen and oxygen atoms in total. The summed E-state index contributed by atoms with van der Waals surface area (Å²) in [5, 5.41) is 8.01. The maximum absolute atomic E-state index is 5.57. The largest absolute Gasteiger partial charge is 0.386 e. The molecule has 1 aliphatic heterocycles. The lowest BCUT2D eigenvalue weighted by molar-refractivity contribution is 0.185. The number of methoxy groups -OCH3 is 1. The predicted octanol–water partition coefficient (Wildman–Crippen LogP) is 1.69. The van der Waals surface area contributed by atoms with Crippen LogP contribution in [0.4, 0.5) is 0 Å². The Kier molecular flexibility index (Phi) is 3.31. The zero-order valence-corrected chi connectivity index (χ0v) is 9.31. The summed E-state index contributed by atoms with van der Waals surface area (Å²) in [7, 11) is 1.69. The van der Waals surface area contributed by atoms with Gasteiger partial charge >= 0.3 is 0 Å². The van der Waals surface area contributed by atoms with Gasteiger partial charge in [0.25, 0.3) is 0 Å². The Labute approximate surface area is 94.8 Å². The van der Waals surface area contributed by atoms with Gasteiger partial charge in [0.15, 0.2) is 0 Å². The van der Waals surface area contributed by atoms with Crippen LogP contribution in [0.15, 0.2) is 34.5 Å². The summed E-state index contributed by atoms with van der Waals surface area (Å²) in [6.07, 6.45) is 1.65. The standard InChI is InChI=1S/C12H15N3O/c1-16-8-9-2-4-10(5-3-9)11-6-7-12(13)15-14-11/h2-5H,6-8H2,1H3,(H2,13,15). The van der Waals surface area contributed by atoms with Crippen molar-refractivity contribution in [1.29, 1.82) is 0 Å². The van der Waals surface area contributed by atoms with Gasteiger partial charge in [-0.15, -0.1) is 5.10 Å². The quantitative estimate of drug-likeness (QED) is 0.837. The van der Waals surface area contributed by atoms with Gasteiger partial charge in [0.2, 0.25) is 0 Å². The molecule has 0 saturated heterocycles. The van der Waals surface area contributed by atoms with Gasteiger partial charge in [-0.1, -0.05) is 24.3 Å². The van der Waals surface area contributed by atoms with Crippen LogP contribution in [0.3, 0.4) is 0 Å². The molecule has 1 heterocycles. The number of benzene rings is 1. The highest BCUT2D eigenvalue weighted by Crippen LogP contribution is 2.12.